The maximum atomic E-state index is 12.2. The Balaban J connectivity index is 0.00000242. The second-order valence-corrected chi connectivity index (χ2v) is 6.56. The van der Waals surface area contributed by atoms with Crippen LogP contribution in [0.15, 0.2) is 4.52 Å². The Morgan fingerprint density at radius 2 is 2.00 bits per heavy atom. The molecule has 0 aromatic carbocycles. The predicted octanol–water partition coefficient (Wildman–Crippen LogP) is 0.652. The molecule has 1 fully saturated rings. The van der Waals surface area contributed by atoms with E-state index in [1.54, 1.807) is 0 Å². The van der Waals surface area contributed by atoms with Gasteiger partial charge in [-0.15, -0.1) is 12.4 Å². The van der Waals surface area contributed by atoms with Gasteiger partial charge in [0.15, 0.2) is 5.82 Å². The van der Waals surface area contributed by atoms with Gasteiger partial charge >= 0.3 is 0 Å². The van der Waals surface area contributed by atoms with Crippen molar-refractivity contribution in [1.82, 2.24) is 25.3 Å². The average molecular weight is 332 g/mol. The summed E-state index contributed by atoms with van der Waals surface area (Å²) in [4.78, 5) is 20.3. The van der Waals surface area contributed by atoms with Crippen LogP contribution in [0.5, 0.6) is 0 Å². The molecule has 0 spiro atoms. The molecule has 2 heterocycles. The Labute approximate surface area is 137 Å². The molecule has 126 valence electrons. The standard InChI is InChI=1S/C14H25N5O2.ClH/c1-14(2,3)13-16-11(21-17-13)9-18(4)10-12(20)19-7-5-15-6-8-19;/h15H,5-10H2,1-4H3;1H. The highest BCUT2D eigenvalue weighted by atomic mass is 35.5. The van der Waals surface area contributed by atoms with E-state index in [1.165, 1.54) is 0 Å². The first-order valence-corrected chi connectivity index (χ1v) is 7.36. The Kier molecular flexibility index (Phi) is 6.77. The summed E-state index contributed by atoms with van der Waals surface area (Å²) >= 11 is 0. The minimum absolute atomic E-state index is 0. The van der Waals surface area contributed by atoms with Crippen molar-refractivity contribution in [1.29, 1.82) is 0 Å². The highest BCUT2D eigenvalue weighted by molar-refractivity contribution is 5.85. The van der Waals surface area contributed by atoms with Crippen molar-refractivity contribution in [3.8, 4) is 0 Å². The molecule has 1 amide bonds. The fourth-order valence-corrected chi connectivity index (χ4v) is 2.16. The zero-order chi connectivity index (χ0) is 15.5. The summed E-state index contributed by atoms with van der Waals surface area (Å²) < 4.78 is 5.25. The van der Waals surface area contributed by atoms with Crippen molar-refractivity contribution < 1.29 is 9.32 Å². The molecule has 0 aliphatic carbocycles. The Morgan fingerprint density at radius 1 is 1.36 bits per heavy atom. The number of carbonyl (C=O) groups is 1. The first-order chi connectivity index (χ1) is 9.86. The monoisotopic (exact) mass is 331 g/mol. The molecule has 0 atom stereocenters. The van der Waals surface area contributed by atoms with Crippen molar-refractivity contribution >= 4 is 18.3 Å². The van der Waals surface area contributed by atoms with E-state index < -0.39 is 0 Å². The van der Waals surface area contributed by atoms with E-state index in [0.29, 0.717) is 24.8 Å². The van der Waals surface area contributed by atoms with Crippen LogP contribution in [0.25, 0.3) is 0 Å². The van der Waals surface area contributed by atoms with Crippen molar-refractivity contribution in [2.24, 2.45) is 0 Å². The average Bonchev–Trinajstić information content (AvgIpc) is 2.88. The molecular formula is C14H26ClN5O2. The van der Waals surface area contributed by atoms with Crippen LogP contribution in [0.2, 0.25) is 0 Å². The number of likely N-dealkylation sites (N-methyl/N-ethyl adjacent to an activating group) is 1. The van der Waals surface area contributed by atoms with Crippen LogP contribution in [0.4, 0.5) is 0 Å². The first-order valence-electron chi connectivity index (χ1n) is 7.36. The van der Waals surface area contributed by atoms with Crippen LogP contribution in [-0.2, 0) is 16.8 Å². The number of nitrogens with zero attached hydrogens (tertiary/aromatic N) is 4. The third-order valence-electron chi connectivity index (χ3n) is 3.42. The van der Waals surface area contributed by atoms with Gasteiger partial charge in [-0.25, -0.2) is 0 Å². The van der Waals surface area contributed by atoms with Crippen LogP contribution in [-0.4, -0.2) is 65.6 Å². The number of hydrogen-bond acceptors (Lipinski definition) is 6. The number of hydrogen-bond donors (Lipinski definition) is 1. The summed E-state index contributed by atoms with van der Waals surface area (Å²) in [6.45, 7) is 10.3. The van der Waals surface area contributed by atoms with E-state index in [4.69, 9.17) is 4.52 Å². The quantitative estimate of drug-likeness (QED) is 0.873. The van der Waals surface area contributed by atoms with Gasteiger partial charge in [0, 0.05) is 31.6 Å². The molecular weight excluding hydrogens is 306 g/mol. The molecule has 7 nitrogen and oxygen atoms in total. The van der Waals surface area contributed by atoms with Gasteiger partial charge in [-0.2, -0.15) is 4.98 Å². The highest BCUT2D eigenvalue weighted by Gasteiger charge is 2.22. The minimum Gasteiger partial charge on any atom is -0.339 e. The van der Waals surface area contributed by atoms with Gasteiger partial charge in [0.25, 0.3) is 0 Å². The number of carbonyl (C=O) groups excluding carboxylic acids is 1. The summed E-state index contributed by atoms with van der Waals surface area (Å²) in [6.07, 6.45) is 0. The van der Waals surface area contributed by atoms with Crippen molar-refractivity contribution in [2.45, 2.75) is 32.7 Å². The molecule has 8 heteroatoms. The van der Waals surface area contributed by atoms with E-state index in [0.717, 1.165) is 26.2 Å². The number of nitrogens with one attached hydrogen (secondary N) is 1. The van der Waals surface area contributed by atoms with Gasteiger partial charge in [0.05, 0.1) is 13.1 Å². The zero-order valence-electron chi connectivity index (χ0n) is 13.8. The molecule has 22 heavy (non-hydrogen) atoms. The topological polar surface area (TPSA) is 74.5 Å². The predicted molar refractivity (Wildman–Crippen MR) is 86.0 cm³/mol. The molecule has 2 rings (SSSR count). The second kappa shape index (κ2) is 7.89. The largest absolute Gasteiger partial charge is 0.339 e. The van der Waals surface area contributed by atoms with Crippen molar-refractivity contribution in [2.75, 3.05) is 39.8 Å². The third kappa shape index (κ3) is 5.23. The fraction of sp³-hybridized carbons (Fsp3) is 0.786. The molecule has 0 bridgehead atoms. The lowest BCUT2D eigenvalue weighted by Gasteiger charge is -2.28. The molecule has 1 aromatic heterocycles. The van der Waals surface area contributed by atoms with E-state index in [9.17, 15) is 4.79 Å². The third-order valence-corrected chi connectivity index (χ3v) is 3.42. The lowest BCUT2D eigenvalue weighted by atomic mass is 9.96. The van der Waals surface area contributed by atoms with Gasteiger partial charge in [-0.1, -0.05) is 25.9 Å². The highest BCUT2D eigenvalue weighted by Crippen LogP contribution is 2.18. The molecule has 0 unspecified atom stereocenters. The van der Waals surface area contributed by atoms with Crippen LogP contribution in [0.3, 0.4) is 0 Å². The Bertz CT molecular complexity index is 480. The molecule has 1 aromatic rings. The van der Waals surface area contributed by atoms with Crippen molar-refractivity contribution in [3.05, 3.63) is 11.7 Å². The van der Waals surface area contributed by atoms with Gasteiger partial charge in [0.1, 0.15) is 0 Å². The summed E-state index contributed by atoms with van der Waals surface area (Å²) in [5.41, 5.74) is -0.128. The minimum atomic E-state index is -0.128. The van der Waals surface area contributed by atoms with E-state index in [2.05, 4.69) is 15.5 Å². The number of piperazine rings is 1. The fourth-order valence-electron chi connectivity index (χ4n) is 2.16. The van der Waals surface area contributed by atoms with Crippen LogP contribution in [0, 0.1) is 0 Å². The summed E-state index contributed by atoms with van der Waals surface area (Å²) in [6, 6.07) is 0. The van der Waals surface area contributed by atoms with Crippen molar-refractivity contribution in [3.63, 3.8) is 0 Å². The Hall–Kier alpha value is -1.18. The summed E-state index contributed by atoms with van der Waals surface area (Å²) in [7, 11) is 1.89. The maximum Gasteiger partial charge on any atom is 0.240 e. The van der Waals surface area contributed by atoms with Crippen LogP contribution in [0.1, 0.15) is 32.5 Å². The molecule has 1 aliphatic rings. The van der Waals surface area contributed by atoms with Gasteiger partial charge in [-0.3, -0.25) is 9.69 Å². The van der Waals surface area contributed by atoms with E-state index in [1.807, 2.05) is 37.6 Å². The normalized spacial score (nSPS) is 15.8. The van der Waals surface area contributed by atoms with Gasteiger partial charge in [0.2, 0.25) is 11.8 Å². The number of rotatable bonds is 4. The van der Waals surface area contributed by atoms with Crippen LogP contribution < -0.4 is 5.32 Å². The second-order valence-electron chi connectivity index (χ2n) is 6.56. The molecule has 1 saturated heterocycles. The molecule has 1 aliphatic heterocycles. The first kappa shape index (κ1) is 18.9. The molecule has 1 N–H and O–H groups in total. The number of halogens is 1. The number of aromatic nitrogens is 2. The molecule has 0 saturated carbocycles. The lowest BCUT2D eigenvalue weighted by Crippen LogP contribution is -2.49. The van der Waals surface area contributed by atoms with Gasteiger partial charge in [-0.05, 0) is 7.05 Å². The van der Waals surface area contributed by atoms with Crippen LogP contribution >= 0.6 is 12.4 Å². The molecule has 0 radical (unpaired) electrons. The van der Waals surface area contributed by atoms with Gasteiger partial charge < -0.3 is 14.7 Å². The zero-order valence-corrected chi connectivity index (χ0v) is 14.6. The summed E-state index contributed by atoms with van der Waals surface area (Å²) in [5.74, 6) is 1.39. The SMILES string of the molecule is CN(CC(=O)N1CCNCC1)Cc1nc(C(C)(C)C)no1.Cl. The maximum absolute atomic E-state index is 12.2. The summed E-state index contributed by atoms with van der Waals surface area (Å²) in [5, 5.41) is 7.23. The lowest BCUT2D eigenvalue weighted by molar-refractivity contribution is -0.132. The van der Waals surface area contributed by atoms with E-state index >= 15 is 0 Å². The number of amides is 1. The van der Waals surface area contributed by atoms with E-state index in [-0.39, 0.29) is 23.7 Å². The Morgan fingerprint density at radius 3 is 2.55 bits per heavy atom. The smallest absolute Gasteiger partial charge is 0.240 e.